The van der Waals surface area contributed by atoms with E-state index in [2.05, 4.69) is 56.0 Å². The first-order valence-electron chi connectivity index (χ1n) is 7.75. The van der Waals surface area contributed by atoms with Crippen LogP contribution in [0.3, 0.4) is 0 Å². The highest BCUT2D eigenvalue weighted by Gasteiger charge is 2.25. The molecule has 19 heavy (non-hydrogen) atoms. The molecule has 1 heterocycles. The molecule has 2 nitrogen and oxygen atoms in total. The fraction of sp³-hybridized carbons (Fsp3) is 0.706. The van der Waals surface area contributed by atoms with Crippen molar-refractivity contribution in [3.63, 3.8) is 0 Å². The molecule has 2 heteroatoms. The molecular weight excluding hydrogens is 232 g/mol. The minimum absolute atomic E-state index is 0.675. The standard InChI is InChI=1S/C17H28N2/c1-13(2)11-15-9-10-16(12-18-15)19(4)17-8-6-5-7-14(17)3/h9-10,12-14,17H,5-8,11H2,1-4H3/t14-,17+/m0/s1. The van der Waals surface area contributed by atoms with Crippen LogP contribution in [0.4, 0.5) is 5.69 Å². The third-order valence-corrected chi connectivity index (χ3v) is 4.40. The zero-order valence-corrected chi connectivity index (χ0v) is 12.9. The number of hydrogen-bond donors (Lipinski definition) is 0. The molecule has 0 amide bonds. The lowest BCUT2D eigenvalue weighted by Crippen LogP contribution is -2.39. The molecule has 106 valence electrons. The summed E-state index contributed by atoms with van der Waals surface area (Å²) in [5, 5.41) is 0. The van der Waals surface area contributed by atoms with Crippen LogP contribution in [0.5, 0.6) is 0 Å². The SMILES string of the molecule is CC(C)Cc1ccc(N(C)[C@@H]2CCCC[C@@H]2C)cn1. The molecule has 0 bridgehead atoms. The summed E-state index contributed by atoms with van der Waals surface area (Å²) < 4.78 is 0. The highest BCUT2D eigenvalue weighted by Crippen LogP contribution is 2.30. The van der Waals surface area contributed by atoms with Gasteiger partial charge in [0.1, 0.15) is 0 Å². The van der Waals surface area contributed by atoms with Gasteiger partial charge < -0.3 is 4.90 Å². The highest BCUT2D eigenvalue weighted by molar-refractivity contribution is 5.45. The first-order valence-corrected chi connectivity index (χ1v) is 7.75. The number of hydrogen-bond acceptors (Lipinski definition) is 2. The zero-order chi connectivity index (χ0) is 13.8. The Morgan fingerprint density at radius 1 is 1.26 bits per heavy atom. The molecule has 2 rings (SSSR count). The van der Waals surface area contributed by atoms with Crippen molar-refractivity contribution >= 4 is 5.69 Å². The van der Waals surface area contributed by atoms with Crippen molar-refractivity contribution in [2.24, 2.45) is 11.8 Å². The van der Waals surface area contributed by atoms with E-state index in [0.717, 1.165) is 12.3 Å². The smallest absolute Gasteiger partial charge is 0.0552 e. The van der Waals surface area contributed by atoms with E-state index in [1.807, 2.05) is 0 Å². The topological polar surface area (TPSA) is 16.1 Å². The monoisotopic (exact) mass is 260 g/mol. The molecule has 0 N–H and O–H groups in total. The summed E-state index contributed by atoms with van der Waals surface area (Å²) in [5.41, 5.74) is 2.48. The van der Waals surface area contributed by atoms with E-state index in [0.29, 0.717) is 12.0 Å². The Morgan fingerprint density at radius 3 is 2.58 bits per heavy atom. The van der Waals surface area contributed by atoms with Crippen molar-refractivity contribution in [3.05, 3.63) is 24.0 Å². The third-order valence-electron chi connectivity index (χ3n) is 4.40. The average Bonchev–Trinajstić information content (AvgIpc) is 2.39. The summed E-state index contributed by atoms with van der Waals surface area (Å²) in [6.45, 7) is 6.87. The minimum Gasteiger partial charge on any atom is -0.370 e. The number of aromatic nitrogens is 1. The molecule has 1 aromatic rings. The fourth-order valence-corrected chi connectivity index (χ4v) is 3.23. The molecule has 1 aromatic heterocycles. The summed E-state index contributed by atoms with van der Waals surface area (Å²) in [6.07, 6.45) is 8.59. The van der Waals surface area contributed by atoms with Crippen molar-refractivity contribution in [1.82, 2.24) is 4.98 Å². The molecule has 0 aromatic carbocycles. The first kappa shape index (κ1) is 14.4. The molecule has 0 unspecified atom stereocenters. The summed E-state index contributed by atoms with van der Waals surface area (Å²) >= 11 is 0. The molecule has 1 saturated carbocycles. The third kappa shape index (κ3) is 3.71. The quantitative estimate of drug-likeness (QED) is 0.802. The number of rotatable bonds is 4. The maximum Gasteiger partial charge on any atom is 0.0552 e. The van der Waals surface area contributed by atoms with Crippen LogP contribution in [0, 0.1) is 11.8 Å². The number of nitrogens with zero attached hydrogens (tertiary/aromatic N) is 2. The predicted molar refractivity (Wildman–Crippen MR) is 82.6 cm³/mol. The van der Waals surface area contributed by atoms with Gasteiger partial charge in [0.25, 0.3) is 0 Å². The highest BCUT2D eigenvalue weighted by atomic mass is 15.1. The van der Waals surface area contributed by atoms with Crippen molar-refractivity contribution < 1.29 is 0 Å². The molecule has 0 radical (unpaired) electrons. The Kier molecular flexibility index (Phi) is 4.84. The summed E-state index contributed by atoms with van der Waals surface area (Å²) in [6, 6.07) is 5.12. The van der Waals surface area contributed by atoms with Gasteiger partial charge >= 0.3 is 0 Å². The average molecular weight is 260 g/mol. The molecule has 0 saturated heterocycles. The lowest BCUT2D eigenvalue weighted by atomic mass is 9.85. The van der Waals surface area contributed by atoms with E-state index in [9.17, 15) is 0 Å². The van der Waals surface area contributed by atoms with Crippen LogP contribution in [-0.2, 0) is 6.42 Å². The van der Waals surface area contributed by atoms with E-state index < -0.39 is 0 Å². The molecule has 0 aliphatic heterocycles. The van der Waals surface area contributed by atoms with Crippen LogP contribution in [0.25, 0.3) is 0 Å². The Labute approximate surface area is 118 Å². The van der Waals surface area contributed by atoms with Crippen molar-refractivity contribution in [3.8, 4) is 0 Å². The lowest BCUT2D eigenvalue weighted by Gasteiger charge is -2.37. The fourth-order valence-electron chi connectivity index (χ4n) is 3.23. The lowest BCUT2D eigenvalue weighted by molar-refractivity contribution is 0.321. The number of pyridine rings is 1. The molecule has 1 fully saturated rings. The van der Waals surface area contributed by atoms with Gasteiger partial charge in [-0.3, -0.25) is 4.98 Å². The molecule has 1 aliphatic carbocycles. The van der Waals surface area contributed by atoms with Crippen molar-refractivity contribution in [1.29, 1.82) is 0 Å². The Hall–Kier alpha value is -1.05. The van der Waals surface area contributed by atoms with Crippen LogP contribution in [0.1, 0.15) is 52.1 Å². The van der Waals surface area contributed by atoms with Crippen LogP contribution < -0.4 is 4.90 Å². The van der Waals surface area contributed by atoms with Crippen LogP contribution in [0.15, 0.2) is 18.3 Å². The Morgan fingerprint density at radius 2 is 2.00 bits per heavy atom. The van der Waals surface area contributed by atoms with Crippen LogP contribution in [0.2, 0.25) is 0 Å². The van der Waals surface area contributed by atoms with Gasteiger partial charge in [-0.1, -0.05) is 33.6 Å². The second-order valence-electron chi connectivity index (χ2n) is 6.55. The summed E-state index contributed by atoms with van der Waals surface area (Å²) in [4.78, 5) is 7.06. The first-order chi connectivity index (χ1) is 9.08. The Balaban J connectivity index is 2.04. The Bertz CT molecular complexity index is 383. The second-order valence-corrected chi connectivity index (χ2v) is 6.55. The second kappa shape index (κ2) is 6.40. The summed E-state index contributed by atoms with van der Waals surface area (Å²) in [7, 11) is 2.23. The van der Waals surface area contributed by atoms with Gasteiger partial charge in [0.15, 0.2) is 0 Å². The van der Waals surface area contributed by atoms with Gasteiger partial charge in [0.2, 0.25) is 0 Å². The van der Waals surface area contributed by atoms with Crippen molar-refractivity contribution in [2.75, 3.05) is 11.9 Å². The normalized spacial score (nSPS) is 23.6. The maximum absolute atomic E-state index is 4.62. The van der Waals surface area contributed by atoms with Gasteiger partial charge in [0.05, 0.1) is 11.9 Å². The number of anilines is 1. The van der Waals surface area contributed by atoms with E-state index in [4.69, 9.17) is 0 Å². The van der Waals surface area contributed by atoms with Crippen LogP contribution in [-0.4, -0.2) is 18.1 Å². The van der Waals surface area contributed by atoms with Gasteiger partial charge in [-0.15, -0.1) is 0 Å². The van der Waals surface area contributed by atoms with E-state index in [1.54, 1.807) is 0 Å². The zero-order valence-electron chi connectivity index (χ0n) is 12.9. The maximum atomic E-state index is 4.62. The minimum atomic E-state index is 0.675. The van der Waals surface area contributed by atoms with E-state index in [1.165, 1.54) is 37.1 Å². The predicted octanol–water partition coefficient (Wildman–Crippen LogP) is 4.30. The van der Waals surface area contributed by atoms with E-state index >= 15 is 0 Å². The largest absolute Gasteiger partial charge is 0.370 e. The summed E-state index contributed by atoms with van der Waals surface area (Å²) in [5.74, 6) is 1.48. The van der Waals surface area contributed by atoms with Gasteiger partial charge in [-0.05, 0) is 43.2 Å². The van der Waals surface area contributed by atoms with Crippen molar-refractivity contribution in [2.45, 2.75) is 58.9 Å². The van der Waals surface area contributed by atoms with Gasteiger partial charge in [-0.2, -0.15) is 0 Å². The molecule has 1 aliphatic rings. The van der Waals surface area contributed by atoms with Crippen LogP contribution >= 0.6 is 0 Å². The molecular formula is C17H28N2. The molecule has 2 atom stereocenters. The van der Waals surface area contributed by atoms with E-state index in [-0.39, 0.29) is 0 Å². The van der Waals surface area contributed by atoms with Gasteiger partial charge in [-0.25, -0.2) is 0 Å². The van der Waals surface area contributed by atoms with Gasteiger partial charge in [0, 0.05) is 18.8 Å². The molecule has 0 spiro atoms.